The van der Waals surface area contributed by atoms with Crippen LogP contribution in [0, 0.1) is 6.92 Å². The topological polar surface area (TPSA) is 45.5 Å². The number of aryl methyl sites for hydroxylation is 1. The number of hydrogen-bond acceptors (Lipinski definition) is 3. The molecule has 0 spiro atoms. The van der Waals surface area contributed by atoms with Crippen molar-refractivity contribution < 1.29 is 9.21 Å². The van der Waals surface area contributed by atoms with Gasteiger partial charge >= 0.3 is 0 Å². The summed E-state index contributed by atoms with van der Waals surface area (Å²) in [5.74, 6) is 1.53. The zero-order valence-electron chi connectivity index (χ0n) is 14.4. The molecule has 1 heterocycles. The molecule has 23 heavy (non-hydrogen) atoms. The number of nitrogens with one attached hydrogen (secondary N) is 1. The molecule has 1 aromatic carbocycles. The van der Waals surface area contributed by atoms with Crippen LogP contribution in [0.1, 0.15) is 54.6 Å². The maximum atomic E-state index is 12.3. The summed E-state index contributed by atoms with van der Waals surface area (Å²) in [4.78, 5) is 14.5. The van der Waals surface area contributed by atoms with E-state index in [0.29, 0.717) is 5.56 Å². The lowest BCUT2D eigenvalue weighted by molar-refractivity contribution is 0.0935. The molecule has 2 rings (SSSR count). The second-order valence-electron chi connectivity index (χ2n) is 5.97. The number of benzene rings is 1. The monoisotopic (exact) mass is 314 g/mol. The Morgan fingerprint density at radius 2 is 1.91 bits per heavy atom. The summed E-state index contributed by atoms with van der Waals surface area (Å²) in [5, 5.41) is 2.96. The molecule has 0 aliphatic carbocycles. The van der Waals surface area contributed by atoms with Crippen molar-refractivity contribution >= 4 is 11.6 Å². The molecule has 4 nitrogen and oxygen atoms in total. The number of unbranched alkanes of at least 4 members (excludes halogenated alkanes) is 1. The van der Waals surface area contributed by atoms with E-state index in [9.17, 15) is 4.79 Å². The van der Waals surface area contributed by atoms with Gasteiger partial charge in [-0.3, -0.25) is 4.79 Å². The van der Waals surface area contributed by atoms with Gasteiger partial charge < -0.3 is 14.6 Å². The van der Waals surface area contributed by atoms with Crippen LogP contribution in [0.15, 0.2) is 40.8 Å². The van der Waals surface area contributed by atoms with Gasteiger partial charge in [-0.25, -0.2) is 0 Å². The fourth-order valence-electron chi connectivity index (χ4n) is 2.43. The van der Waals surface area contributed by atoms with E-state index in [1.165, 1.54) is 12.8 Å². The molecule has 2 aromatic rings. The van der Waals surface area contributed by atoms with Gasteiger partial charge in [-0.05, 0) is 56.7 Å². The minimum Gasteiger partial charge on any atom is -0.464 e. The standard InChI is InChI=1S/C19H26N2O2/c1-5-6-13-21(4)17-10-8-16(9-11-17)19(22)20-15(3)18-12-7-14(2)23-18/h7-12,15H,5-6,13H2,1-4H3,(H,20,22). The number of anilines is 1. The van der Waals surface area contributed by atoms with Crippen molar-refractivity contribution in [3.63, 3.8) is 0 Å². The molecular formula is C19H26N2O2. The van der Waals surface area contributed by atoms with Crippen LogP contribution >= 0.6 is 0 Å². The Balaban J connectivity index is 1.97. The first kappa shape index (κ1) is 17.1. The fraction of sp³-hybridized carbons (Fsp3) is 0.421. The van der Waals surface area contributed by atoms with Crippen LogP contribution in [0.25, 0.3) is 0 Å². The quantitative estimate of drug-likeness (QED) is 0.828. The predicted molar refractivity (Wildman–Crippen MR) is 93.9 cm³/mol. The lowest BCUT2D eigenvalue weighted by Gasteiger charge is -2.19. The van der Waals surface area contributed by atoms with Gasteiger partial charge in [0, 0.05) is 24.8 Å². The molecule has 0 saturated heterocycles. The molecule has 0 bridgehead atoms. The van der Waals surface area contributed by atoms with Gasteiger partial charge in [0.2, 0.25) is 0 Å². The third kappa shape index (κ3) is 4.62. The van der Waals surface area contributed by atoms with Gasteiger partial charge in [0.05, 0.1) is 6.04 Å². The van der Waals surface area contributed by atoms with Crippen molar-refractivity contribution in [3.05, 3.63) is 53.5 Å². The van der Waals surface area contributed by atoms with E-state index in [1.54, 1.807) is 0 Å². The van der Waals surface area contributed by atoms with Crippen molar-refractivity contribution in [2.75, 3.05) is 18.5 Å². The maximum absolute atomic E-state index is 12.3. The first-order valence-electron chi connectivity index (χ1n) is 8.19. The Labute approximate surface area is 138 Å². The average Bonchev–Trinajstić information content (AvgIpc) is 2.99. The zero-order valence-corrected chi connectivity index (χ0v) is 14.4. The van der Waals surface area contributed by atoms with Crippen LogP contribution < -0.4 is 10.2 Å². The Morgan fingerprint density at radius 1 is 1.22 bits per heavy atom. The molecule has 0 aliphatic heterocycles. The molecule has 1 unspecified atom stereocenters. The minimum atomic E-state index is -0.150. The first-order chi connectivity index (χ1) is 11.0. The Morgan fingerprint density at radius 3 is 2.48 bits per heavy atom. The summed E-state index contributed by atoms with van der Waals surface area (Å²) in [6.45, 7) is 7.02. The second kappa shape index (κ2) is 7.86. The summed E-state index contributed by atoms with van der Waals surface area (Å²) in [6, 6.07) is 11.4. The SMILES string of the molecule is CCCCN(C)c1ccc(C(=O)NC(C)c2ccc(C)o2)cc1. The van der Waals surface area contributed by atoms with Crippen LogP contribution in [0.5, 0.6) is 0 Å². The molecule has 1 amide bonds. The van der Waals surface area contributed by atoms with Crippen molar-refractivity contribution in [2.24, 2.45) is 0 Å². The van der Waals surface area contributed by atoms with Crippen molar-refractivity contribution in [1.29, 1.82) is 0 Å². The molecule has 0 saturated carbocycles. The highest BCUT2D eigenvalue weighted by Gasteiger charge is 2.14. The Kier molecular flexibility index (Phi) is 5.85. The summed E-state index contributed by atoms with van der Waals surface area (Å²) < 4.78 is 5.55. The first-order valence-corrected chi connectivity index (χ1v) is 8.19. The number of nitrogens with zero attached hydrogens (tertiary/aromatic N) is 1. The van der Waals surface area contributed by atoms with E-state index in [0.717, 1.165) is 23.8 Å². The largest absolute Gasteiger partial charge is 0.464 e. The van der Waals surface area contributed by atoms with Crippen LogP contribution in [0.4, 0.5) is 5.69 Å². The summed E-state index contributed by atoms with van der Waals surface area (Å²) in [7, 11) is 2.08. The number of hydrogen-bond donors (Lipinski definition) is 1. The predicted octanol–water partition coefficient (Wildman–Crippen LogP) is 4.32. The van der Waals surface area contributed by atoms with Crippen LogP contribution in [0.3, 0.4) is 0 Å². The molecule has 1 atom stereocenters. The van der Waals surface area contributed by atoms with Gasteiger partial charge in [0.1, 0.15) is 11.5 Å². The number of rotatable bonds is 7. The second-order valence-corrected chi connectivity index (χ2v) is 5.97. The number of amides is 1. The summed E-state index contributed by atoms with van der Waals surface area (Å²) in [6.07, 6.45) is 2.34. The molecule has 124 valence electrons. The molecule has 0 fully saturated rings. The van der Waals surface area contributed by atoms with Crippen LogP contribution in [-0.2, 0) is 0 Å². The third-order valence-corrected chi connectivity index (χ3v) is 3.95. The average molecular weight is 314 g/mol. The summed E-state index contributed by atoms with van der Waals surface area (Å²) >= 11 is 0. The van der Waals surface area contributed by atoms with Crippen LogP contribution in [-0.4, -0.2) is 19.5 Å². The number of carbonyl (C=O) groups is 1. The minimum absolute atomic E-state index is 0.0886. The highest BCUT2D eigenvalue weighted by molar-refractivity contribution is 5.94. The van der Waals surface area contributed by atoms with Crippen molar-refractivity contribution in [1.82, 2.24) is 5.32 Å². The van der Waals surface area contributed by atoms with Gasteiger partial charge in [0.15, 0.2) is 0 Å². The Hall–Kier alpha value is -2.23. The molecule has 1 N–H and O–H groups in total. The van der Waals surface area contributed by atoms with Gasteiger partial charge in [-0.1, -0.05) is 13.3 Å². The zero-order chi connectivity index (χ0) is 16.8. The number of furan rings is 1. The molecule has 1 aromatic heterocycles. The highest BCUT2D eigenvalue weighted by Crippen LogP contribution is 2.18. The van der Waals surface area contributed by atoms with E-state index in [4.69, 9.17) is 4.42 Å². The van der Waals surface area contributed by atoms with E-state index < -0.39 is 0 Å². The number of carbonyl (C=O) groups excluding carboxylic acids is 1. The smallest absolute Gasteiger partial charge is 0.251 e. The van der Waals surface area contributed by atoms with Crippen LogP contribution in [0.2, 0.25) is 0 Å². The van der Waals surface area contributed by atoms with E-state index in [-0.39, 0.29) is 11.9 Å². The van der Waals surface area contributed by atoms with E-state index in [1.807, 2.05) is 50.2 Å². The van der Waals surface area contributed by atoms with E-state index in [2.05, 4.69) is 24.2 Å². The lowest BCUT2D eigenvalue weighted by Crippen LogP contribution is -2.26. The Bertz CT molecular complexity index is 631. The maximum Gasteiger partial charge on any atom is 0.251 e. The van der Waals surface area contributed by atoms with Gasteiger partial charge in [-0.2, -0.15) is 0 Å². The fourth-order valence-corrected chi connectivity index (χ4v) is 2.43. The molecule has 4 heteroatoms. The highest BCUT2D eigenvalue weighted by atomic mass is 16.3. The lowest BCUT2D eigenvalue weighted by atomic mass is 10.1. The molecule has 0 aliphatic rings. The van der Waals surface area contributed by atoms with E-state index >= 15 is 0 Å². The molecular weight excluding hydrogens is 288 g/mol. The van der Waals surface area contributed by atoms with Crippen molar-refractivity contribution in [3.8, 4) is 0 Å². The third-order valence-electron chi connectivity index (χ3n) is 3.95. The molecule has 0 radical (unpaired) electrons. The van der Waals surface area contributed by atoms with Gasteiger partial charge in [0.25, 0.3) is 5.91 Å². The van der Waals surface area contributed by atoms with Gasteiger partial charge in [-0.15, -0.1) is 0 Å². The normalized spacial score (nSPS) is 12.0. The summed E-state index contributed by atoms with van der Waals surface area (Å²) in [5.41, 5.74) is 1.79. The van der Waals surface area contributed by atoms with Crippen molar-refractivity contribution in [2.45, 2.75) is 39.7 Å².